The Morgan fingerprint density at radius 1 is 1.22 bits per heavy atom. The molecule has 2 aromatic rings. The summed E-state index contributed by atoms with van der Waals surface area (Å²) in [5.74, 6) is -0.463. The number of carbonyl (C=O) groups is 3. The molecule has 1 saturated carbocycles. The van der Waals surface area contributed by atoms with Crippen molar-refractivity contribution in [1.82, 2.24) is 15.2 Å². The van der Waals surface area contributed by atoms with Crippen LogP contribution in [0.25, 0.3) is 11.3 Å². The zero-order valence-electron chi connectivity index (χ0n) is 14.7. The number of hydrogen-bond acceptors (Lipinski definition) is 5. The first-order chi connectivity index (χ1) is 13.1. The fraction of sp³-hybridized carbons (Fsp3) is 0.368. The number of thiazole rings is 1. The lowest BCUT2D eigenvalue weighted by Crippen LogP contribution is -2.44. The molecule has 8 heteroatoms. The lowest BCUT2D eigenvalue weighted by atomic mass is 9.98. The third kappa shape index (κ3) is 3.44. The summed E-state index contributed by atoms with van der Waals surface area (Å²) in [6.07, 6.45) is 3.29. The molecule has 2 heterocycles. The molecule has 0 atom stereocenters. The van der Waals surface area contributed by atoms with E-state index >= 15 is 0 Å². The molecule has 4 amide bonds. The third-order valence-electron chi connectivity index (χ3n) is 5.09. The molecule has 2 N–H and O–H groups in total. The van der Waals surface area contributed by atoms with Gasteiger partial charge in [0.2, 0.25) is 5.91 Å². The Morgan fingerprint density at radius 3 is 2.70 bits per heavy atom. The van der Waals surface area contributed by atoms with Crippen molar-refractivity contribution in [2.75, 3.05) is 11.9 Å². The van der Waals surface area contributed by atoms with Crippen molar-refractivity contribution < 1.29 is 14.4 Å². The van der Waals surface area contributed by atoms with Crippen LogP contribution in [-0.4, -0.2) is 39.8 Å². The van der Waals surface area contributed by atoms with Gasteiger partial charge in [0, 0.05) is 23.9 Å². The van der Waals surface area contributed by atoms with Crippen LogP contribution in [0.1, 0.15) is 32.1 Å². The van der Waals surface area contributed by atoms with Gasteiger partial charge in [-0.2, -0.15) is 0 Å². The van der Waals surface area contributed by atoms with E-state index in [1.165, 1.54) is 16.2 Å². The molecule has 1 aliphatic heterocycles. The second kappa shape index (κ2) is 7.11. The van der Waals surface area contributed by atoms with Crippen molar-refractivity contribution in [3.63, 3.8) is 0 Å². The maximum atomic E-state index is 12.6. The van der Waals surface area contributed by atoms with Crippen molar-refractivity contribution >= 4 is 34.3 Å². The van der Waals surface area contributed by atoms with Crippen molar-refractivity contribution in [1.29, 1.82) is 0 Å². The average molecular weight is 384 g/mol. The number of carbonyl (C=O) groups excluding carboxylic acids is 3. The van der Waals surface area contributed by atoms with E-state index in [1.54, 1.807) is 0 Å². The van der Waals surface area contributed by atoms with E-state index in [2.05, 4.69) is 15.6 Å². The number of nitrogens with zero attached hydrogens (tertiary/aromatic N) is 2. The second-order valence-corrected chi connectivity index (χ2v) is 7.74. The molecule has 2 fully saturated rings. The van der Waals surface area contributed by atoms with Gasteiger partial charge in [-0.3, -0.25) is 14.5 Å². The zero-order chi connectivity index (χ0) is 18.9. The van der Waals surface area contributed by atoms with Crippen LogP contribution in [0.15, 0.2) is 35.7 Å². The number of amides is 4. The highest BCUT2D eigenvalue weighted by Gasteiger charge is 2.52. The normalized spacial score (nSPS) is 18.1. The van der Waals surface area contributed by atoms with Crippen molar-refractivity contribution in [3.8, 4) is 11.3 Å². The Labute approximate surface area is 160 Å². The second-order valence-electron chi connectivity index (χ2n) is 6.88. The number of anilines is 1. The van der Waals surface area contributed by atoms with Gasteiger partial charge >= 0.3 is 6.03 Å². The van der Waals surface area contributed by atoms with E-state index in [9.17, 15) is 14.4 Å². The summed E-state index contributed by atoms with van der Waals surface area (Å²) >= 11 is 1.34. The molecule has 0 bridgehead atoms. The number of urea groups is 1. The summed E-state index contributed by atoms with van der Waals surface area (Å²) in [5, 5.41) is 7.95. The van der Waals surface area contributed by atoms with E-state index < -0.39 is 11.6 Å². The minimum atomic E-state index is -0.729. The van der Waals surface area contributed by atoms with Gasteiger partial charge in [-0.25, -0.2) is 9.78 Å². The molecule has 2 aliphatic rings. The van der Waals surface area contributed by atoms with Crippen LogP contribution < -0.4 is 10.6 Å². The number of nitrogens with one attached hydrogen (secondary N) is 2. The lowest BCUT2D eigenvalue weighted by molar-refractivity contribution is -0.131. The van der Waals surface area contributed by atoms with E-state index in [0.717, 1.165) is 24.1 Å². The first kappa shape index (κ1) is 17.7. The van der Waals surface area contributed by atoms with Crippen molar-refractivity contribution in [3.05, 3.63) is 35.7 Å². The highest BCUT2D eigenvalue weighted by Crippen LogP contribution is 2.35. The SMILES string of the molecule is O=C(CCN1C(=O)NC2(CCCC2)C1=O)Nc1nc(-c2ccccc2)cs1. The molecule has 140 valence electrons. The van der Waals surface area contributed by atoms with Crippen LogP contribution in [0.5, 0.6) is 0 Å². The van der Waals surface area contributed by atoms with Crippen LogP contribution in [-0.2, 0) is 9.59 Å². The highest BCUT2D eigenvalue weighted by molar-refractivity contribution is 7.14. The summed E-state index contributed by atoms with van der Waals surface area (Å²) in [5.41, 5.74) is 1.05. The van der Waals surface area contributed by atoms with Gasteiger partial charge in [0.25, 0.3) is 5.91 Å². The van der Waals surface area contributed by atoms with Crippen LogP contribution in [0.4, 0.5) is 9.93 Å². The minimum absolute atomic E-state index is 0.0511. The Bertz CT molecular complexity index is 874. The molecule has 27 heavy (non-hydrogen) atoms. The molecule has 4 rings (SSSR count). The van der Waals surface area contributed by atoms with E-state index in [0.29, 0.717) is 18.0 Å². The van der Waals surface area contributed by atoms with Gasteiger partial charge in [0.1, 0.15) is 5.54 Å². The quantitative estimate of drug-likeness (QED) is 0.775. The largest absolute Gasteiger partial charge is 0.325 e. The van der Waals surface area contributed by atoms with Crippen LogP contribution in [0, 0.1) is 0 Å². The predicted molar refractivity (Wildman–Crippen MR) is 102 cm³/mol. The highest BCUT2D eigenvalue weighted by atomic mass is 32.1. The Morgan fingerprint density at radius 2 is 1.96 bits per heavy atom. The average Bonchev–Trinajstić information content (AvgIpc) is 3.37. The molecule has 1 aromatic heterocycles. The zero-order valence-corrected chi connectivity index (χ0v) is 15.6. The maximum Gasteiger partial charge on any atom is 0.325 e. The number of benzene rings is 1. The number of hydrogen-bond donors (Lipinski definition) is 2. The van der Waals surface area contributed by atoms with Gasteiger partial charge < -0.3 is 10.6 Å². The van der Waals surface area contributed by atoms with Crippen LogP contribution in [0.2, 0.25) is 0 Å². The Kier molecular flexibility index (Phi) is 4.65. The van der Waals surface area contributed by atoms with Gasteiger partial charge in [-0.15, -0.1) is 11.3 Å². The lowest BCUT2D eigenvalue weighted by Gasteiger charge is -2.19. The predicted octanol–water partition coefficient (Wildman–Crippen LogP) is 3.00. The standard InChI is InChI=1S/C19H20N4O3S/c24-15(21-17-20-14(12-27-17)13-6-2-1-3-7-13)8-11-23-16(25)19(22-18(23)26)9-4-5-10-19/h1-3,6-7,12H,4-5,8-11H2,(H,22,26)(H,20,21,24). The monoisotopic (exact) mass is 384 g/mol. The molecule has 1 spiro atoms. The van der Waals surface area contributed by atoms with Crippen molar-refractivity contribution in [2.24, 2.45) is 0 Å². The first-order valence-electron chi connectivity index (χ1n) is 9.02. The topological polar surface area (TPSA) is 91.4 Å². The minimum Gasteiger partial charge on any atom is -0.323 e. The molecular formula is C19H20N4O3S. The number of aromatic nitrogens is 1. The third-order valence-corrected chi connectivity index (χ3v) is 5.84. The number of rotatable bonds is 5. The summed E-state index contributed by atoms with van der Waals surface area (Å²) in [6.45, 7) is 0.0785. The Hall–Kier alpha value is -2.74. The van der Waals surface area contributed by atoms with Crippen molar-refractivity contribution in [2.45, 2.75) is 37.6 Å². The summed E-state index contributed by atoms with van der Waals surface area (Å²) < 4.78 is 0. The van der Waals surface area contributed by atoms with Gasteiger partial charge in [0.05, 0.1) is 5.69 Å². The molecular weight excluding hydrogens is 364 g/mol. The summed E-state index contributed by atoms with van der Waals surface area (Å²) in [7, 11) is 0. The molecule has 0 radical (unpaired) electrons. The Balaban J connectivity index is 1.33. The molecule has 1 aromatic carbocycles. The van der Waals surface area contributed by atoms with Crippen LogP contribution in [0.3, 0.4) is 0 Å². The molecule has 7 nitrogen and oxygen atoms in total. The van der Waals surface area contributed by atoms with E-state index in [4.69, 9.17) is 0 Å². The molecule has 0 unspecified atom stereocenters. The van der Waals surface area contributed by atoms with Gasteiger partial charge in [-0.05, 0) is 12.8 Å². The number of imide groups is 1. The smallest absolute Gasteiger partial charge is 0.323 e. The van der Waals surface area contributed by atoms with Crippen LogP contribution >= 0.6 is 11.3 Å². The summed E-state index contributed by atoms with van der Waals surface area (Å²) in [4.78, 5) is 42.5. The maximum absolute atomic E-state index is 12.6. The molecule has 1 aliphatic carbocycles. The van der Waals surface area contributed by atoms with E-state index in [-0.39, 0.29) is 24.8 Å². The van der Waals surface area contributed by atoms with Gasteiger partial charge in [0.15, 0.2) is 5.13 Å². The summed E-state index contributed by atoms with van der Waals surface area (Å²) in [6, 6.07) is 9.32. The van der Waals surface area contributed by atoms with Gasteiger partial charge in [-0.1, -0.05) is 43.2 Å². The first-order valence-corrected chi connectivity index (χ1v) is 9.90. The molecule has 1 saturated heterocycles. The van der Waals surface area contributed by atoms with E-state index in [1.807, 2.05) is 35.7 Å². The fourth-order valence-corrected chi connectivity index (χ4v) is 4.40. The fourth-order valence-electron chi connectivity index (χ4n) is 3.66.